The summed E-state index contributed by atoms with van der Waals surface area (Å²) in [5, 5.41) is 0. The number of hydrogen-bond donors (Lipinski definition) is 0. The number of aldehydes is 1. The van der Waals surface area contributed by atoms with E-state index in [-0.39, 0.29) is 11.3 Å². The third-order valence-electron chi connectivity index (χ3n) is 3.06. The molecule has 0 N–H and O–H groups in total. The zero-order valence-corrected chi connectivity index (χ0v) is 11.4. The molecule has 17 heavy (non-hydrogen) atoms. The number of benzene rings is 1. The number of carbonyl (C=O) groups excluding carboxylic acids is 1. The van der Waals surface area contributed by atoms with Crippen LogP contribution in [0.4, 0.5) is 0 Å². The van der Waals surface area contributed by atoms with Gasteiger partial charge in [0.05, 0.1) is 7.11 Å². The molecule has 2 heteroatoms. The lowest BCUT2D eigenvalue weighted by Gasteiger charge is -2.23. The van der Waals surface area contributed by atoms with Gasteiger partial charge in [-0.25, -0.2) is 0 Å². The number of carbonyl (C=O) groups is 1. The molecule has 0 aliphatic rings. The summed E-state index contributed by atoms with van der Waals surface area (Å²) in [6.07, 6.45) is 1.85. The van der Waals surface area contributed by atoms with Gasteiger partial charge in [-0.3, -0.25) is 0 Å². The van der Waals surface area contributed by atoms with Crippen LogP contribution in [0.25, 0.3) is 0 Å². The lowest BCUT2D eigenvalue weighted by atomic mass is 9.83. The predicted molar refractivity (Wildman–Crippen MR) is 70.8 cm³/mol. The topological polar surface area (TPSA) is 26.3 Å². The number of hydrogen-bond acceptors (Lipinski definition) is 2. The van der Waals surface area contributed by atoms with Gasteiger partial charge in [0.1, 0.15) is 12.0 Å². The zero-order chi connectivity index (χ0) is 13.1. The summed E-state index contributed by atoms with van der Waals surface area (Å²) in [5.41, 5.74) is 2.24. The first kappa shape index (κ1) is 13.8. The maximum Gasteiger partial charge on any atom is 0.127 e. The van der Waals surface area contributed by atoms with E-state index in [2.05, 4.69) is 26.8 Å². The minimum absolute atomic E-state index is 0.0120. The van der Waals surface area contributed by atoms with E-state index in [1.807, 2.05) is 19.1 Å². The van der Waals surface area contributed by atoms with E-state index in [1.54, 1.807) is 7.11 Å². The molecule has 1 rings (SSSR count). The molecule has 0 aliphatic heterocycles. The second-order valence-electron chi connectivity index (χ2n) is 5.36. The highest BCUT2D eigenvalue weighted by Gasteiger charge is 2.20. The molecule has 0 saturated heterocycles. The van der Waals surface area contributed by atoms with Gasteiger partial charge in [0, 0.05) is 5.92 Å². The first-order valence-corrected chi connectivity index (χ1v) is 6.07. The smallest absolute Gasteiger partial charge is 0.127 e. The van der Waals surface area contributed by atoms with Crippen molar-refractivity contribution in [3.05, 3.63) is 29.3 Å². The van der Waals surface area contributed by atoms with E-state index in [0.717, 1.165) is 29.6 Å². The molecular weight excluding hydrogens is 212 g/mol. The molecule has 0 amide bonds. The van der Waals surface area contributed by atoms with Crippen molar-refractivity contribution in [3.63, 3.8) is 0 Å². The minimum Gasteiger partial charge on any atom is -0.496 e. The summed E-state index contributed by atoms with van der Waals surface area (Å²) in [6.45, 7) is 8.48. The first-order chi connectivity index (χ1) is 7.93. The van der Waals surface area contributed by atoms with Crippen LogP contribution in [0.2, 0.25) is 0 Å². The highest BCUT2D eigenvalue weighted by atomic mass is 16.5. The zero-order valence-electron chi connectivity index (χ0n) is 11.4. The lowest BCUT2D eigenvalue weighted by molar-refractivity contribution is -0.109. The maximum atomic E-state index is 11.0. The Bertz CT molecular complexity index is 388. The highest BCUT2D eigenvalue weighted by Crippen LogP contribution is 2.33. The monoisotopic (exact) mass is 234 g/mol. The van der Waals surface area contributed by atoms with Gasteiger partial charge in [0.15, 0.2) is 0 Å². The van der Waals surface area contributed by atoms with E-state index in [9.17, 15) is 4.79 Å². The van der Waals surface area contributed by atoms with Gasteiger partial charge in [0.25, 0.3) is 0 Å². The van der Waals surface area contributed by atoms with Gasteiger partial charge in [-0.05, 0) is 29.0 Å². The van der Waals surface area contributed by atoms with Crippen LogP contribution in [0.5, 0.6) is 5.75 Å². The van der Waals surface area contributed by atoms with Gasteiger partial charge < -0.3 is 9.53 Å². The standard InChI is InChI=1S/C15H22O2/c1-6-11(10-16)12-7-8-14(17-5)13(9-12)15(2,3)4/h7-11H,6H2,1-5H3. The molecule has 0 saturated carbocycles. The van der Waals surface area contributed by atoms with Crippen molar-refractivity contribution in [2.24, 2.45) is 0 Å². The van der Waals surface area contributed by atoms with Gasteiger partial charge in [-0.2, -0.15) is 0 Å². The van der Waals surface area contributed by atoms with Crippen LogP contribution in [0, 0.1) is 0 Å². The normalized spacial score (nSPS) is 13.2. The molecule has 0 aromatic heterocycles. The van der Waals surface area contributed by atoms with Crippen molar-refractivity contribution in [2.75, 3.05) is 7.11 Å². The average molecular weight is 234 g/mol. The fourth-order valence-electron chi connectivity index (χ4n) is 1.95. The Morgan fingerprint density at radius 3 is 2.41 bits per heavy atom. The SMILES string of the molecule is CCC(C=O)c1ccc(OC)c(C(C)(C)C)c1. The van der Waals surface area contributed by atoms with Crippen molar-refractivity contribution < 1.29 is 9.53 Å². The number of rotatable bonds is 4. The predicted octanol–water partition coefficient (Wildman–Crippen LogP) is 3.69. The molecule has 0 spiro atoms. The third-order valence-corrected chi connectivity index (χ3v) is 3.06. The van der Waals surface area contributed by atoms with E-state index in [1.165, 1.54) is 0 Å². The van der Waals surface area contributed by atoms with Crippen LogP contribution in [0.1, 0.15) is 51.2 Å². The highest BCUT2D eigenvalue weighted by molar-refractivity contribution is 5.63. The fourth-order valence-corrected chi connectivity index (χ4v) is 1.95. The Morgan fingerprint density at radius 1 is 1.35 bits per heavy atom. The Hall–Kier alpha value is -1.31. The van der Waals surface area contributed by atoms with Gasteiger partial charge in [-0.15, -0.1) is 0 Å². The summed E-state index contributed by atoms with van der Waals surface area (Å²) in [6, 6.07) is 6.04. The lowest BCUT2D eigenvalue weighted by Crippen LogP contribution is -2.14. The minimum atomic E-state index is -0.0120. The largest absolute Gasteiger partial charge is 0.496 e. The summed E-state index contributed by atoms with van der Waals surface area (Å²) < 4.78 is 5.39. The first-order valence-electron chi connectivity index (χ1n) is 6.07. The summed E-state index contributed by atoms with van der Waals surface area (Å²) in [5.74, 6) is 0.879. The van der Waals surface area contributed by atoms with Crippen molar-refractivity contribution in [3.8, 4) is 5.75 Å². The number of ether oxygens (including phenoxy) is 1. The second kappa shape index (κ2) is 5.35. The molecule has 0 fully saturated rings. The second-order valence-corrected chi connectivity index (χ2v) is 5.36. The van der Waals surface area contributed by atoms with E-state index >= 15 is 0 Å². The van der Waals surface area contributed by atoms with E-state index < -0.39 is 0 Å². The van der Waals surface area contributed by atoms with Gasteiger partial charge >= 0.3 is 0 Å². The molecule has 0 bridgehead atoms. The third kappa shape index (κ3) is 3.09. The van der Waals surface area contributed by atoms with Crippen LogP contribution < -0.4 is 4.74 Å². The van der Waals surface area contributed by atoms with E-state index in [4.69, 9.17) is 4.74 Å². The molecule has 0 aliphatic carbocycles. The fraction of sp³-hybridized carbons (Fsp3) is 0.533. The Labute approximate surface area is 104 Å². The molecule has 2 nitrogen and oxygen atoms in total. The van der Waals surface area contributed by atoms with Crippen LogP contribution in [0.3, 0.4) is 0 Å². The quantitative estimate of drug-likeness (QED) is 0.743. The van der Waals surface area contributed by atoms with Crippen LogP contribution in [-0.4, -0.2) is 13.4 Å². The molecule has 94 valence electrons. The Morgan fingerprint density at radius 2 is 2.00 bits per heavy atom. The van der Waals surface area contributed by atoms with Crippen molar-refractivity contribution in [1.29, 1.82) is 0 Å². The summed E-state index contributed by atoms with van der Waals surface area (Å²) in [7, 11) is 1.68. The number of methoxy groups -OCH3 is 1. The van der Waals surface area contributed by atoms with Gasteiger partial charge in [-0.1, -0.05) is 39.8 Å². The van der Waals surface area contributed by atoms with Crippen LogP contribution in [-0.2, 0) is 10.2 Å². The van der Waals surface area contributed by atoms with Gasteiger partial charge in [0.2, 0.25) is 0 Å². The van der Waals surface area contributed by atoms with Crippen molar-refractivity contribution in [2.45, 2.75) is 45.4 Å². The molecular formula is C15H22O2. The summed E-state index contributed by atoms with van der Waals surface area (Å²) >= 11 is 0. The molecule has 0 radical (unpaired) electrons. The Balaban J connectivity index is 3.26. The van der Waals surface area contributed by atoms with Crippen LogP contribution in [0.15, 0.2) is 18.2 Å². The average Bonchev–Trinajstić information content (AvgIpc) is 2.29. The molecule has 1 atom stereocenters. The summed E-state index contributed by atoms with van der Waals surface area (Å²) in [4.78, 5) is 11.0. The maximum absolute atomic E-state index is 11.0. The van der Waals surface area contributed by atoms with Crippen molar-refractivity contribution >= 4 is 6.29 Å². The van der Waals surface area contributed by atoms with Crippen LogP contribution >= 0.6 is 0 Å². The van der Waals surface area contributed by atoms with E-state index in [0.29, 0.717) is 0 Å². The Kier molecular flexibility index (Phi) is 4.33. The molecule has 0 heterocycles. The molecule has 1 aromatic rings. The van der Waals surface area contributed by atoms with Crippen molar-refractivity contribution in [1.82, 2.24) is 0 Å². The molecule has 1 aromatic carbocycles. The molecule has 1 unspecified atom stereocenters.